The maximum absolute atomic E-state index is 11.9. The van der Waals surface area contributed by atoms with Crippen LogP contribution in [0.4, 0.5) is 5.69 Å². The molecule has 1 rings (SSSR count). The van der Waals surface area contributed by atoms with Crippen LogP contribution in [0.25, 0.3) is 0 Å². The van der Waals surface area contributed by atoms with Crippen molar-refractivity contribution in [2.24, 2.45) is 0 Å². The zero-order chi connectivity index (χ0) is 14.4. The zero-order valence-corrected chi connectivity index (χ0v) is 11.4. The van der Waals surface area contributed by atoms with E-state index in [2.05, 4.69) is 10.6 Å². The summed E-state index contributed by atoms with van der Waals surface area (Å²) in [5, 5.41) is 16.7. The average Bonchev–Trinajstić information content (AvgIpc) is 2.33. The van der Waals surface area contributed by atoms with Crippen molar-refractivity contribution in [2.45, 2.75) is 26.8 Å². The normalized spacial score (nSPS) is 10.5. The maximum atomic E-state index is 11.9. The van der Waals surface area contributed by atoms with Crippen molar-refractivity contribution in [3.63, 3.8) is 0 Å². The molecule has 0 aliphatic heterocycles. The first-order chi connectivity index (χ1) is 8.91. The number of hydrogen-bond acceptors (Lipinski definition) is 4. The summed E-state index contributed by atoms with van der Waals surface area (Å²) < 4.78 is 0. The summed E-state index contributed by atoms with van der Waals surface area (Å²) in [5.41, 5.74) is 0.755. The van der Waals surface area contributed by atoms with Crippen LogP contribution in [0.5, 0.6) is 0 Å². The van der Waals surface area contributed by atoms with Crippen LogP contribution in [0.2, 0.25) is 0 Å². The fourth-order valence-electron chi connectivity index (χ4n) is 1.62. The highest BCUT2D eigenvalue weighted by Crippen LogP contribution is 2.19. The molecule has 6 heteroatoms. The minimum atomic E-state index is -0.541. The molecule has 0 atom stereocenters. The molecule has 0 aliphatic carbocycles. The number of amides is 1. The number of nitro benzene ring substituents is 1. The van der Waals surface area contributed by atoms with Crippen molar-refractivity contribution in [1.82, 2.24) is 10.6 Å². The van der Waals surface area contributed by atoms with Gasteiger partial charge in [0.2, 0.25) is 0 Å². The lowest BCUT2D eigenvalue weighted by molar-refractivity contribution is -0.385. The number of carbonyl (C=O) groups excluding carboxylic acids is 1. The highest BCUT2D eigenvalue weighted by Gasteiger charge is 2.19. The van der Waals surface area contributed by atoms with Crippen LogP contribution in [0.3, 0.4) is 0 Å². The second-order valence-corrected chi connectivity index (χ2v) is 4.64. The van der Waals surface area contributed by atoms with E-state index >= 15 is 0 Å². The third-order valence-electron chi connectivity index (χ3n) is 2.56. The fourth-order valence-corrected chi connectivity index (χ4v) is 1.62. The number of rotatable bonds is 6. The van der Waals surface area contributed by atoms with Gasteiger partial charge in [0.1, 0.15) is 5.56 Å². The Morgan fingerprint density at radius 2 is 2.05 bits per heavy atom. The molecule has 0 unspecified atom stereocenters. The molecule has 0 saturated heterocycles. The van der Waals surface area contributed by atoms with Crippen LogP contribution in [0.15, 0.2) is 18.2 Å². The second-order valence-electron chi connectivity index (χ2n) is 4.64. The summed E-state index contributed by atoms with van der Waals surface area (Å²) in [6.07, 6.45) is 0. The lowest BCUT2D eigenvalue weighted by Crippen LogP contribution is -2.34. The first kappa shape index (κ1) is 15.1. The molecule has 0 spiro atoms. The third kappa shape index (κ3) is 4.67. The molecular formula is C13H19N3O3. The number of nitro groups is 1. The summed E-state index contributed by atoms with van der Waals surface area (Å²) in [6.45, 7) is 6.87. The molecule has 1 aromatic carbocycles. The molecule has 2 N–H and O–H groups in total. The standard InChI is InChI=1S/C13H19N3O3/c1-9(2)14-6-7-15-13(17)11-8-10(3)4-5-12(11)16(18)19/h4-5,8-9,14H,6-7H2,1-3H3,(H,15,17). The van der Waals surface area contributed by atoms with Crippen LogP contribution in [0.1, 0.15) is 29.8 Å². The molecule has 0 aliphatic rings. The Morgan fingerprint density at radius 3 is 2.63 bits per heavy atom. The van der Waals surface area contributed by atoms with E-state index in [0.29, 0.717) is 19.1 Å². The van der Waals surface area contributed by atoms with E-state index in [4.69, 9.17) is 0 Å². The molecule has 0 saturated carbocycles. The van der Waals surface area contributed by atoms with E-state index < -0.39 is 10.8 Å². The van der Waals surface area contributed by atoms with E-state index in [1.54, 1.807) is 13.0 Å². The van der Waals surface area contributed by atoms with E-state index in [-0.39, 0.29) is 11.3 Å². The molecule has 0 radical (unpaired) electrons. The van der Waals surface area contributed by atoms with Crippen LogP contribution in [0, 0.1) is 17.0 Å². The number of nitrogens with zero attached hydrogens (tertiary/aromatic N) is 1. The van der Waals surface area contributed by atoms with Crippen molar-refractivity contribution in [3.05, 3.63) is 39.4 Å². The molecular weight excluding hydrogens is 246 g/mol. The number of aryl methyl sites for hydroxylation is 1. The van der Waals surface area contributed by atoms with Gasteiger partial charge in [0.25, 0.3) is 11.6 Å². The number of hydrogen-bond donors (Lipinski definition) is 2. The Hall–Kier alpha value is -1.95. The van der Waals surface area contributed by atoms with Gasteiger partial charge in [-0.15, -0.1) is 0 Å². The zero-order valence-electron chi connectivity index (χ0n) is 11.4. The Morgan fingerprint density at radius 1 is 1.37 bits per heavy atom. The van der Waals surface area contributed by atoms with Gasteiger partial charge < -0.3 is 10.6 Å². The van der Waals surface area contributed by atoms with Crippen molar-refractivity contribution in [1.29, 1.82) is 0 Å². The Bertz CT molecular complexity index is 472. The predicted octanol–water partition coefficient (Wildman–Crippen LogP) is 1.63. The maximum Gasteiger partial charge on any atom is 0.282 e. The summed E-state index contributed by atoms with van der Waals surface area (Å²) in [4.78, 5) is 22.3. The minimum absolute atomic E-state index is 0.106. The molecule has 0 fully saturated rings. The molecule has 1 aromatic rings. The minimum Gasteiger partial charge on any atom is -0.351 e. The largest absolute Gasteiger partial charge is 0.351 e. The van der Waals surface area contributed by atoms with Crippen LogP contribution >= 0.6 is 0 Å². The highest BCUT2D eigenvalue weighted by molar-refractivity contribution is 5.98. The van der Waals surface area contributed by atoms with Crippen molar-refractivity contribution >= 4 is 11.6 Å². The van der Waals surface area contributed by atoms with E-state index in [1.165, 1.54) is 12.1 Å². The number of nitrogens with one attached hydrogen (secondary N) is 2. The monoisotopic (exact) mass is 265 g/mol. The smallest absolute Gasteiger partial charge is 0.282 e. The second kappa shape index (κ2) is 6.84. The lowest BCUT2D eigenvalue weighted by Gasteiger charge is -2.09. The van der Waals surface area contributed by atoms with Crippen LogP contribution < -0.4 is 10.6 Å². The van der Waals surface area contributed by atoms with Gasteiger partial charge in [0, 0.05) is 25.2 Å². The molecule has 6 nitrogen and oxygen atoms in total. The third-order valence-corrected chi connectivity index (χ3v) is 2.56. The molecule has 19 heavy (non-hydrogen) atoms. The van der Waals surface area contributed by atoms with Crippen molar-refractivity contribution in [2.75, 3.05) is 13.1 Å². The average molecular weight is 265 g/mol. The molecule has 1 amide bonds. The molecule has 0 heterocycles. The van der Waals surface area contributed by atoms with Crippen LogP contribution in [-0.2, 0) is 0 Å². The summed E-state index contributed by atoms with van der Waals surface area (Å²) in [6, 6.07) is 4.85. The first-order valence-electron chi connectivity index (χ1n) is 6.18. The SMILES string of the molecule is Cc1ccc([N+](=O)[O-])c(C(=O)NCCNC(C)C)c1. The Labute approximate surface area is 112 Å². The molecule has 0 aromatic heterocycles. The fraction of sp³-hybridized carbons (Fsp3) is 0.462. The van der Waals surface area contributed by atoms with E-state index in [0.717, 1.165) is 5.56 Å². The lowest BCUT2D eigenvalue weighted by atomic mass is 10.1. The topological polar surface area (TPSA) is 84.3 Å². The quantitative estimate of drug-likeness (QED) is 0.465. The van der Waals surface area contributed by atoms with Crippen LogP contribution in [-0.4, -0.2) is 30.0 Å². The highest BCUT2D eigenvalue weighted by atomic mass is 16.6. The Kier molecular flexibility index (Phi) is 5.44. The molecule has 104 valence electrons. The van der Waals surface area contributed by atoms with E-state index in [1.807, 2.05) is 13.8 Å². The van der Waals surface area contributed by atoms with Crippen molar-refractivity contribution < 1.29 is 9.72 Å². The van der Waals surface area contributed by atoms with Gasteiger partial charge in [0.15, 0.2) is 0 Å². The van der Waals surface area contributed by atoms with Gasteiger partial charge in [-0.1, -0.05) is 19.9 Å². The summed E-state index contributed by atoms with van der Waals surface area (Å²) >= 11 is 0. The summed E-state index contributed by atoms with van der Waals surface area (Å²) in [7, 11) is 0. The van der Waals surface area contributed by atoms with Gasteiger partial charge in [0.05, 0.1) is 4.92 Å². The Balaban J connectivity index is 2.70. The molecule has 0 bridgehead atoms. The van der Waals surface area contributed by atoms with Gasteiger partial charge in [-0.3, -0.25) is 14.9 Å². The van der Waals surface area contributed by atoms with Gasteiger partial charge in [-0.05, 0) is 18.6 Å². The number of benzene rings is 1. The summed E-state index contributed by atoms with van der Waals surface area (Å²) in [5.74, 6) is -0.416. The van der Waals surface area contributed by atoms with Gasteiger partial charge in [-0.25, -0.2) is 0 Å². The van der Waals surface area contributed by atoms with Crippen molar-refractivity contribution in [3.8, 4) is 0 Å². The van der Waals surface area contributed by atoms with Gasteiger partial charge >= 0.3 is 0 Å². The predicted molar refractivity (Wildman–Crippen MR) is 73.3 cm³/mol. The number of carbonyl (C=O) groups is 1. The first-order valence-corrected chi connectivity index (χ1v) is 6.18. The van der Waals surface area contributed by atoms with Gasteiger partial charge in [-0.2, -0.15) is 0 Å². The van der Waals surface area contributed by atoms with E-state index in [9.17, 15) is 14.9 Å².